The number of benzene rings is 1. The molecule has 0 fully saturated rings. The third-order valence-corrected chi connectivity index (χ3v) is 3.10. The van der Waals surface area contributed by atoms with Crippen LogP contribution in [0.25, 0.3) is 0 Å². The van der Waals surface area contributed by atoms with Gasteiger partial charge in [-0.15, -0.1) is 11.6 Å². The molecule has 0 aliphatic carbocycles. The number of rotatable bonds is 5. The van der Waals surface area contributed by atoms with Gasteiger partial charge in [0.25, 0.3) is 0 Å². The minimum atomic E-state index is 0.184. The lowest BCUT2D eigenvalue weighted by Gasteiger charge is -2.15. The fourth-order valence-electron chi connectivity index (χ4n) is 1.52. The fraction of sp³-hybridized carbons (Fsp3) is 0.500. The minimum absolute atomic E-state index is 0.184. The molecular weight excluding hydrogens is 264 g/mol. The molecule has 16 heavy (non-hydrogen) atoms. The Morgan fingerprint density at radius 2 is 1.94 bits per heavy atom. The molecule has 1 aromatic carbocycles. The van der Waals surface area contributed by atoms with E-state index >= 15 is 0 Å². The maximum atomic E-state index is 6.07. The van der Waals surface area contributed by atoms with Gasteiger partial charge >= 0.3 is 0 Å². The number of hydrogen-bond donors (Lipinski definition) is 1. The Kier molecular flexibility index (Phi) is 5.91. The van der Waals surface area contributed by atoms with Crippen LogP contribution >= 0.6 is 34.8 Å². The average molecular weight is 281 g/mol. The van der Waals surface area contributed by atoms with Crippen LogP contribution in [0.5, 0.6) is 0 Å². The second-order valence-corrected chi connectivity index (χ2v) is 5.62. The first-order valence-corrected chi connectivity index (χ1v) is 6.49. The van der Waals surface area contributed by atoms with Crippen molar-refractivity contribution in [2.75, 3.05) is 0 Å². The summed E-state index contributed by atoms with van der Waals surface area (Å²) in [5, 5.41) is 4.93. The molecular formula is C12H16Cl3N. The molecule has 0 amide bonds. The molecule has 0 bridgehead atoms. The Labute approximate surface area is 112 Å². The van der Waals surface area contributed by atoms with E-state index in [2.05, 4.69) is 12.2 Å². The third kappa shape index (κ3) is 4.92. The van der Waals surface area contributed by atoms with E-state index in [1.54, 1.807) is 6.07 Å². The summed E-state index contributed by atoms with van der Waals surface area (Å²) >= 11 is 17.8. The zero-order valence-electron chi connectivity index (χ0n) is 9.43. The highest BCUT2D eigenvalue weighted by atomic mass is 35.5. The molecule has 1 N–H and O–H groups in total. The molecule has 0 radical (unpaired) electrons. The number of nitrogens with one attached hydrogen (secondary N) is 1. The summed E-state index contributed by atoms with van der Waals surface area (Å²) in [6.07, 6.45) is 0.937. The van der Waals surface area contributed by atoms with Crippen LogP contribution in [0.4, 0.5) is 0 Å². The van der Waals surface area contributed by atoms with Crippen molar-refractivity contribution in [3.63, 3.8) is 0 Å². The van der Waals surface area contributed by atoms with Gasteiger partial charge in [0.1, 0.15) is 0 Å². The standard InChI is InChI=1S/C12H16Cl3N/c1-8(13)5-9(2)16-7-10-3-4-11(14)6-12(10)15/h3-4,6,8-9,16H,5,7H2,1-2H3. The van der Waals surface area contributed by atoms with Gasteiger partial charge in [-0.25, -0.2) is 0 Å². The van der Waals surface area contributed by atoms with Crippen LogP contribution in [0, 0.1) is 0 Å². The fourth-order valence-corrected chi connectivity index (χ4v) is 2.26. The second kappa shape index (κ2) is 6.70. The Hall–Kier alpha value is 0.0500. The first-order valence-electron chi connectivity index (χ1n) is 5.30. The molecule has 1 rings (SSSR count). The van der Waals surface area contributed by atoms with Gasteiger partial charge in [-0.2, -0.15) is 0 Å². The SMILES string of the molecule is CC(Cl)CC(C)NCc1ccc(Cl)cc1Cl. The maximum absolute atomic E-state index is 6.07. The monoisotopic (exact) mass is 279 g/mol. The van der Waals surface area contributed by atoms with Gasteiger partial charge in [0.05, 0.1) is 0 Å². The molecule has 90 valence electrons. The number of alkyl halides is 1. The average Bonchev–Trinajstić information content (AvgIpc) is 2.15. The van der Waals surface area contributed by atoms with Crippen molar-refractivity contribution >= 4 is 34.8 Å². The van der Waals surface area contributed by atoms with Gasteiger partial charge in [-0.05, 0) is 38.0 Å². The van der Waals surface area contributed by atoms with E-state index in [-0.39, 0.29) is 5.38 Å². The van der Waals surface area contributed by atoms with Crippen LogP contribution in [0.15, 0.2) is 18.2 Å². The van der Waals surface area contributed by atoms with Gasteiger partial charge in [0.2, 0.25) is 0 Å². The molecule has 0 aliphatic rings. The van der Waals surface area contributed by atoms with Crippen molar-refractivity contribution in [1.82, 2.24) is 5.32 Å². The Balaban J connectivity index is 2.48. The van der Waals surface area contributed by atoms with Crippen molar-refractivity contribution in [2.45, 2.75) is 38.2 Å². The van der Waals surface area contributed by atoms with Crippen LogP contribution in [-0.2, 0) is 6.54 Å². The smallest absolute Gasteiger partial charge is 0.0465 e. The predicted octanol–water partition coefficient (Wildman–Crippen LogP) is 4.49. The van der Waals surface area contributed by atoms with E-state index in [9.17, 15) is 0 Å². The van der Waals surface area contributed by atoms with Crippen molar-refractivity contribution in [2.24, 2.45) is 0 Å². The summed E-state index contributed by atoms with van der Waals surface area (Å²) in [5.41, 5.74) is 1.06. The normalized spacial score (nSPS) is 14.8. The number of hydrogen-bond acceptors (Lipinski definition) is 1. The second-order valence-electron chi connectivity index (χ2n) is 4.03. The van der Waals surface area contributed by atoms with Crippen LogP contribution in [-0.4, -0.2) is 11.4 Å². The van der Waals surface area contributed by atoms with Crippen LogP contribution in [0.1, 0.15) is 25.8 Å². The molecule has 1 nitrogen and oxygen atoms in total. The van der Waals surface area contributed by atoms with Crippen LogP contribution in [0.2, 0.25) is 10.0 Å². The Morgan fingerprint density at radius 1 is 1.25 bits per heavy atom. The summed E-state index contributed by atoms with van der Waals surface area (Å²) in [6, 6.07) is 5.92. The summed E-state index contributed by atoms with van der Waals surface area (Å²) < 4.78 is 0. The van der Waals surface area contributed by atoms with E-state index < -0.39 is 0 Å². The summed E-state index contributed by atoms with van der Waals surface area (Å²) in [7, 11) is 0. The quantitative estimate of drug-likeness (QED) is 0.784. The van der Waals surface area contributed by atoms with E-state index in [4.69, 9.17) is 34.8 Å². The number of halogens is 3. The molecule has 0 spiro atoms. The highest BCUT2D eigenvalue weighted by molar-refractivity contribution is 6.35. The van der Waals surface area contributed by atoms with Gasteiger partial charge in [0, 0.05) is 28.0 Å². The van der Waals surface area contributed by atoms with Gasteiger partial charge in [0.15, 0.2) is 0 Å². The predicted molar refractivity (Wildman–Crippen MR) is 72.7 cm³/mol. The lowest BCUT2D eigenvalue weighted by atomic mass is 10.1. The van der Waals surface area contributed by atoms with Gasteiger partial charge < -0.3 is 5.32 Å². The molecule has 0 heterocycles. The minimum Gasteiger partial charge on any atom is -0.310 e. The van der Waals surface area contributed by atoms with Crippen molar-refractivity contribution in [1.29, 1.82) is 0 Å². The molecule has 0 saturated carbocycles. The van der Waals surface area contributed by atoms with Crippen molar-refractivity contribution in [3.05, 3.63) is 33.8 Å². The molecule has 1 aromatic rings. The highest BCUT2D eigenvalue weighted by Crippen LogP contribution is 2.21. The summed E-state index contributed by atoms with van der Waals surface area (Å²) in [4.78, 5) is 0. The molecule has 0 saturated heterocycles. The first kappa shape index (κ1) is 14.1. The topological polar surface area (TPSA) is 12.0 Å². The molecule has 4 heteroatoms. The first-order chi connectivity index (χ1) is 7.49. The van der Waals surface area contributed by atoms with Crippen molar-refractivity contribution in [3.8, 4) is 0 Å². The van der Waals surface area contributed by atoms with E-state index in [1.165, 1.54) is 0 Å². The van der Waals surface area contributed by atoms with Crippen LogP contribution < -0.4 is 5.32 Å². The zero-order valence-corrected chi connectivity index (χ0v) is 11.7. The Morgan fingerprint density at radius 3 is 2.50 bits per heavy atom. The highest BCUT2D eigenvalue weighted by Gasteiger charge is 2.07. The van der Waals surface area contributed by atoms with E-state index in [0.29, 0.717) is 16.1 Å². The van der Waals surface area contributed by atoms with Gasteiger partial charge in [-0.1, -0.05) is 29.3 Å². The van der Waals surface area contributed by atoms with E-state index in [1.807, 2.05) is 19.1 Å². The summed E-state index contributed by atoms with van der Waals surface area (Å²) in [6.45, 7) is 4.85. The van der Waals surface area contributed by atoms with Crippen LogP contribution in [0.3, 0.4) is 0 Å². The third-order valence-electron chi connectivity index (χ3n) is 2.33. The Bertz CT molecular complexity index is 339. The largest absolute Gasteiger partial charge is 0.310 e. The zero-order chi connectivity index (χ0) is 12.1. The molecule has 0 aliphatic heterocycles. The summed E-state index contributed by atoms with van der Waals surface area (Å²) in [5.74, 6) is 0. The molecule has 2 unspecified atom stereocenters. The molecule has 2 atom stereocenters. The van der Waals surface area contributed by atoms with Crippen molar-refractivity contribution < 1.29 is 0 Å². The van der Waals surface area contributed by atoms with E-state index in [0.717, 1.165) is 18.5 Å². The maximum Gasteiger partial charge on any atom is 0.0465 e. The molecule has 0 aromatic heterocycles. The van der Waals surface area contributed by atoms with Gasteiger partial charge in [-0.3, -0.25) is 0 Å². The lowest BCUT2D eigenvalue weighted by Crippen LogP contribution is -2.27. The lowest BCUT2D eigenvalue weighted by molar-refractivity contribution is 0.511.